The summed E-state index contributed by atoms with van der Waals surface area (Å²) in [5.41, 5.74) is 1.03. The van der Waals surface area contributed by atoms with Gasteiger partial charge in [0.15, 0.2) is 0 Å². The standard InChI is InChI=1S/C14H19ClO2/c1-10(2)9-17-13-6-4-5-12(7-13)8-14(15)11(3)16/h4-7,10,14H,8-9H2,1-3H3. The summed E-state index contributed by atoms with van der Waals surface area (Å²) in [4.78, 5) is 11.1. The van der Waals surface area contributed by atoms with Gasteiger partial charge in [0.25, 0.3) is 0 Å². The van der Waals surface area contributed by atoms with Crippen LogP contribution < -0.4 is 4.74 Å². The maximum atomic E-state index is 11.1. The van der Waals surface area contributed by atoms with E-state index in [1.165, 1.54) is 6.92 Å². The Bertz CT molecular complexity index is 374. The number of ketones is 1. The first-order chi connectivity index (χ1) is 7.99. The third-order valence-electron chi connectivity index (χ3n) is 2.34. The number of ether oxygens (including phenoxy) is 1. The first kappa shape index (κ1) is 14.0. The summed E-state index contributed by atoms with van der Waals surface area (Å²) in [5.74, 6) is 1.33. The van der Waals surface area contributed by atoms with Crippen molar-refractivity contribution in [2.24, 2.45) is 5.92 Å². The molecule has 0 heterocycles. The summed E-state index contributed by atoms with van der Waals surface area (Å²) in [6.07, 6.45) is 0.551. The Morgan fingerprint density at radius 3 is 2.71 bits per heavy atom. The highest BCUT2D eigenvalue weighted by Gasteiger charge is 2.11. The smallest absolute Gasteiger partial charge is 0.147 e. The van der Waals surface area contributed by atoms with E-state index >= 15 is 0 Å². The Labute approximate surface area is 108 Å². The van der Waals surface area contributed by atoms with Crippen molar-refractivity contribution in [3.63, 3.8) is 0 Å². The van der Waals surface area contributed by atoms with E-state index in [1.807, 2.05) is 24.3 Å². The van der Waals surface area contributed by atoms with Crippen LogP contribution in [0.1, 0.15) is 26.3 Å². The van der Waals surface area contributed by atoms with Crippen LogP contribution in [0.15, 0.2) is 24.3 Å². The van der Waals surface area contributed by atoms with E-state index in [-0.39, 0.29) is 5.78 Å². The van der Waals surface area contributed by atoms with Crippen molar-refractivity contribution in [1.29, 1.82) is 0 Å². The molecule has 3 heteroatoms. The van der Waals surface area contributed by atoms with Crippen molar-refractivity contribution in [3.8, 4) is 5.75 Å². The minimum absolute atomic E-state index is 0.000156. The molecule has 0 saturated heterocycles. The molecule has 0 radical (unpaired) electrons. The van der Waals surface area contributed by atoms with Gasteiger partial charge in [-0.05, 0) is 37.0 Å². The fourth-order valence-electron chi connectivity index (χ4n) is 1.38. The first-order valence-electron chi connectivity index (χ1n) is 5.85. The Morgan fingerprint density at radius 1 is 1.41 bits per heavy atom. The Morgan fingerprint density at radius 2 is 2.12 bits per heavy atom. The number of benzene rings is 1. The lowest BCUT2D eigenvalue weighted by Gasteiger charge is -2.11. The molecule has 1 aromatic rings. The maximum Gasteiger partial charge on any atom is 0.147 e. The minimum atomic E-state index is -0.449. The van der Waals surface area contributed by atoms with Gasteiger partial charge in [0.2, 0.25) is 0 Å². The number of halogens is 1. The Hall–Kier alpha value is -1.02. The van der Waals surface area contributed by atoms with Crippen LogP contribution in [-0.2, 0) is 11.2 Å². The molecule has 0 aliphatic heterocycles. The minimum Gasteiger partial charge on any atom is -0.493 e. The molecule has 0 N–H and O–H groups in total. The number of carbonyl (C=O) groups is 1. The fraction of sp³-hybridized carbons (Fsp3) is 0.500. The molecule has 1 atom stereocenters. The fourth-order valence-corrected chi connectivity index (χ4v) is 1.55. The second kappa shape index (κ2) is 6.65. The van der Waals surface area contributed by atoms with Crippen LogP contribution in [0.5, 0.6) is 5.75 Å². The molecular weight excluding hydrogens is 236 g/mol. The van der Waals surface area contributed by atoms with E-state index in [0.717, 1.165) is 11.3 Å². The SMILES string of the molecule is CC(=O)C(Cl)Cc1cccc(OCC(C)C)c1. The molecule has 0 aromatic heterocycles. The monoisotopic (exact) mass is 254 g/mol. The first-order valence-corrected chi connectivity index (χ1v) is 6.29. The predicted octanol–water partition coefficient (Wildman–Crippen LogP) is 3.46. The number of rotatable bonds is 6. The van der Waals surface area contributed by atoms with Crippen LogP contribution in [0.3, 0.4) is 0 Å². The van der Waals surface area contributed by atoms with Crippen LogP contribution in [0.4, 0.5) is 0 Å². The summed E-state index contributed by atoms with van der Waals surface area (Å²) in [6, 6.07) is 7.75. The van der Waals surface area contributed by atoms with Gasteiger partial charge in [0, 0.05) is 0 Å². The number of hydrogen-bond donors (Lipinski definition) is 0. The molecule has 94 valence electrons. The van der Waals surface area contributed by atoms with Gasteiger partial charge in [0.05, 0.1) is 12.0 Å². The Kier molecular flexibility index (Phi) is 5.49. The average Bonchev–Trinajstić information content (AvgIpc) is 2.26. The molecule has 0 aliphatic carbocycles. The molecule has 0 fully saturated rings. The van der Waals surface area contributed by atoms with Crippen molar-refractivity contribution < 1.29 is 9.53 Å². The van der Waals surface area contributed by atoms with Gasteiger partial charge in [0.1, 0.15) is 11.5 Å². The van der Waals surface area contributed by atoms with Crippen LogP contribution in [-0.4, -0.2) is 17.8 Å². The molecule has 2 nitrogen and oxygen atoms in total. The second-order valence-corrected chi connectivity index (χ2v) is 5.16. The van der Waals surface area contributed by atoms with Crippen LogP contribution >= 0.6 is 11.6 Å². The van der Waals surface area contributed by atoms with E-state index < -0.39 is 5.38 Å². The molecule has 0 amide bonds. The van der Waals surface area contributed by atoms with Crippen LogP contribution in [0.2, 0.25) is 0 Å². The van der Waals surface area contributed by atoms with Gasteiger partial charge >= 0.3 is 0 Å². The van der Waals surface area contributed by atoms with Crippen LogP contribution in [0.25, 0.3) is 0 Å². The van der Waals surface area contributed by atoms with E-state index in [4.69, 9.17) is 16.3 Å². The van der Waals surface area contributed by atoms with E-state index in [0.29, 0.717) is 18.9 Å². The molecular formula is C14H19ClO2. The van der Waals surface area contributed by atoms with Gasteiger partial charge in [-0.25, -0.2) is 0 Å². The van der Waals surface area contributed by atoms with Gasteiger partial charge in [-0.15, -0.1) is 11.6 Å². The summed E-state index contributed by atoms with van der Waals surface area (Å²) in [5, 5.41) is -0.449. The number of hydrogen-bond acceptors (Lipinski definition) is 2. The van der Waals surface area contributed by atoms with E-state index in [2.05, 4.69) is 13.8 Å². The van der Waals surface area contributed by atoms with Crippen molar-refractivity contribution in [1.82, 2.24) is 0 Å². The zero-order chi connectivity index (χ0) is 12.8. The maximum absolute atomic E-state index is 11.1. The molecule has 0 bridgehead atoms. The molecule has 1 unspecified atom stereocenters. The van der Waals surface area contributed by atoms with Crippen molar-refractivity contribution in [2.45, 2.75) is 32.6 Å². The number of alkyl halides is 1. The Balaban J connectivity index is 2.62. The molecule has 0 spiro atoms. The van der Waals surface area contributed by atoms with Gasteiger partial charge in [-0.1, -0.05) is 26.0 Å². The van der Waals surface area contributed by atoms with Gasteiger partial charge in [-0.3, -0.25) is 4.79 Å². The molecule has 0 saturated carbocycles. The summed E-state index contributed by atoms with van der Waals surface area (Å²) >= 11 is 5.94. The lowest BCUT2D eigenvalue weighted by molar-refractivity contribution is -0.116. The van der Waals surface area contributed by atoms with Crippen LogP contribution in [0, 0.1) is 5.92 Å². The highest BCUT2D eigenvalue weighted by Crippen LogP contribution is 2.17. The number of Topliss-reactive ketones (excluding diaryl/α,β-unsaturated/α-hetero) is 1. The zero-order valence-corrected chi connectivity index (χ0v) is 11.3. The number of carbonyl (C=O) groups excluding carboxylic acids is 1. The normalized spacial score (nSPS) is 12.5. The van der Waals surface area contributed by atoms with E-state index in [9.17, 15) is 4.79 Å². The summed E-state index contributed by atoms with van der Waals surface area (Å²) in [7, 11) is 0. The van der Waals surface area contributed by atoms with Crippen molar-refractivity contribution in [2.75, 3.05) is 6.61 Å². The molecule has 1 aromatic carbocycles. The third kappa shape index (κ3) is 5.22. The summed E-state index contributed by atoms with van der Waals surface area (Å²) < 4.78 is 5.62. The van der Waals surface area contributed by atoms with Crippen molar-refractivity contribution in [3.05, 3.63) is 29.8 Å². The largest absolute Gasteiger partial charge is 0.493 e. The third-order valence-corrected chi connectivity index (χ3v) is 2.80. The lowest BCUT2D eigenvalue weighted by atomic mass is 10.1. The predicted molar refractivity (Wildman–Crippen MR) is 70.8 cm³/mol. The highest BCUT2D eigenvalue weighted by molar-refractivity contribution is 6.30. The van der Waals surface area contributed by atoms with Crippen molar-refractivity contribution >= 4 is 17.4 Å². The molecule has 17 heavy (non-hydrogen) atoms. The topological polar surface area (TPSA) is 26.3 Å². The van der Waals surface area contributed by atoms with Gasteiger partial charge < -0.3 is 4.74 Å². The molecule has 1 rings (SSSR count). The molecule has 0 aliphatic rings. The highest BCUT2D eigenvalue weighted by atomic mass is 35.5. The summed E-state index contributed by atoms with van der Waals surface area (Å²) in [6.45, 7) is 6.42. The quantitative estimate of drug-likeness (QED) is 0.727. The lowest BCUT2D eigenvalue weighted by Crippen LogP contribution is -2.13. The zero-order valence-electron chi connectivity index (χ0n) is 10.6. The van der Waals surface area contributed by atoms with E-state index in [1.54, 1.807) is 0 Å². The second-order valence-electron chi connectivity index (χ2n) is 4.63. The average molecular weight is 255 g/mol. The van der Waals surface area contributed by atoms with Gasteiger partial charge in [-0.2, -0.15) is 0 Å².